The molecule has 1 aliphatic rings. The molecule has 1 aromatic heterocycles. The molecular weight excluding hydrogens is 358 g/mol. The Balaban J connectivity index is 1.51. The summed E-state index contributed by atoms with van der Waals surface area (Å²) in [4.78, 5) is 19.8. The summed E-state index contributed by atoms with van der Waals surface area (Å²) in [6.07, 6.45) is 5.88. The van der Waals surface area contributed by atoms with E-state index in [-0.39, 0.29) is 5.91 Å². The summed E-state index contributed by atoms with van der Waals surface area (Å²) >= 11 is 0. The van der Waals surface area contributed by atoms with Crippen molar-refractivity contribution in [2.24, 2.45) is 0 Å². The van der Waals surface area contributed by atoms with Crippen molar-refractivity contribution >= 4 is 5.91 Å². The van der Waals surface area contributed by atoms with E-state index in [4.69, 9.17) is 0 Å². The van der Waals surface area contributed by atoms with Crippen LogP contribution in [-0.4, -0.2) is 34.9 Å². The van der Waals surface area contributed by atoms with Crippen molar-refractivity contribution in [3.8, 4) is 0 Å². The van der Waals surface area contributed by atoms with Crippen molar-refractivity contribution < 1.29 is 4.79 Å². The average molecular weight is 386 g/mol. The Bertz CT molecular complexity index is 931. The van der Waals surface area contributed by atoms with Gasteiger partial charge < -0.3 is 5.32 Å². The molecule has 0 radical (unpaired) electrons. The van der Waals surface area contributed by atoms with Gasteiger partial charge in [-0.15, -0.1) is 0 Å². The number of carbonyl (C=O) groups excluding carboxylic acids is 1. The van der Waals surface area contributed by atoms with Crippen LogP contribution in [0.4, 0.5) is 0 Å². The van der Waals surface area contributed by atoms with Gasteiger partial charge in [0.1, 0.15) is 5.54 Å². The summed E-state index contributed by atoms with van der Waals surface area (Å²) in [5.74, 6) is 0.112. The topological polar surface area (TPSA) is 45.2 Å². The van der Waals surface area contributed by atoms with Crippen LogP contribution in [0.15, 0.2) is 79.1 Å². The Kier molecular flexibility index (Phi) is 5.72. The first-order chi connectivity index (χ1) is 14.2. The lowest BCUT2D eigenvalue weighted by Gasteiger charge is -2.37. The molecule has 1 N–H and O–H groups in total. The first-order valence-corrected chi connectivity index (χ1v) is 10.2. The lowest BCUT2D eigenvalue weighted by atomic mass is 9.91. The van der Waals surface area contributed by atoms with E-state index in [0.29, 0.717) is 6.54 Å². The SMILES string of the molecule is CN(Cc1ccccc1)C1(C(=O)NCCc2ccncc2)Cc2ccccc2C1. The Morgan fingerprint density at radius 1 is 0.931 bits per heavy atom. The van der Waals surface area contributed by atoms with Gasteiger partial charge >= 0.3 is 0 Å². The zero-order valence-electron chi connectivity index (χ0n) is 16.8. The number of fused-ring (bicyclic) bond motifs is 1. The molecule has 4 nitrogen and oxygen atoms in total. The fourth-order valence-electron chi connectivity index (χ4n) is 4.24. The van der Waals surface area contributed by atoms with E-state index < -0.39 is 5.54 Å². The fraction of sp³-hybridized carbons (Fsp3) is 0.280. The molecule has 1 aliphatic carbocycles. The minimum absolute atomic E-state index is 0.112. The molecule has 0 saturated heterocycles. The van der Waals surface area contributed by atoms with Gasteiger partial charge in [-0.1, -0.05) is 54.6 Å². The number of aromatic nitrogens is 1. The Morgan fingerprint density at radius 2 is 1.55 bits per heavy atom. The molecular formula is C25H27N3O. The molecule has 2 aromatic carbocycles. The highest BCUT2D eigenvalue weighted by atomic mass is 16.2. The molecule has 148 valence electrons. The van der Waals surface area contributed by atoms with Gasteiger partial charge in [0.25, 0.3) is 0 Å². The molecule has 0 unspecified atom stereocenters. The van der Waals surface area contributed by atoms with E-state index in [2.05, 4.69) is 58.6 Å². The molecule has 0 aliphatic heterocycles. The first kappa shape index (κ1) is 19.3. The van der Waals surface area contributed by atoms with E-state index in [1.165, 1.54) is 22.3 Å². The van der Waals surface area contributed by atoms with Crippen LogP contribution >= 0.6 is 0 Å². The smallest absolute Gasteiger partial charge is 0.241 e. The van der Waals surface area contributed by atoms with Crippen LogP contribution in [0.5, 0.6) is 0 Å². The van der Waals surface area contributed by atoms with Gasteiger partial charge in [-0.05, 0) is 47.9 Å². The zero-order chi connectivity index (χ0) is 20.1. The number of nitrogens with zero attached hydrogens (tertiary/aromatic N) is 2. The molecule has 29 heavy (non-hydrogen) atoms. The number of rotatable bonds is 7. The van der Waals surface area contributed by atoms with Crippen LogP contribution in [0.1, 0.15) is 22.3 Å². The van der Waals surface area contributed by atoms with Crippen LogP contribution in [0.25, 0.3) is 0 Å². The average Bonchev–Trinajstić information content (AvgIpc) is 3.16. The maximum Gasteiger partial charge on any atom is 0.241 e. The van der Waals surface area contributed by atoms with Crippen LogP contribution in [0.3, 0.4) is 0 Å². The van der Waals surface area contributed by atoms with E-state index in [1.54, 1.807) is 12.4 Å². The highest BCUT2D eigenvalue weighted by Crippen LogP contribution is 2.35. The minimum Gasteiger partial charge on any atom is -0.354 e. The van der Waals surface area contributed by atoms with Crippen LogP contribution < -0.4 is 5.32 Å². The highest BCUT2D eigenvalue weighted by Gasteiger charge is 2.46. The zero-order valence-corrected chi connectivity index (χ0v) is 16.8. The predicted octanol–water partition coefficient (Wildman–Crippen LogP) is 3.41. The highest BCUT2D eigenvalue weighted by molar-refractivity contribution is 5.88. The molecule has 1 heterocycles. The van der Waals surface area contributed by atoms with Gasteiger partial charge in [0.2, 0.25) is 5.91 Å². The third-order valence-electron chi connectivity index (χ3n) is 5.95. The van der Waals surface area contributed by atoms with Crippen molar-refractivity contribution in [3.05, 3.63) is 101 Å². The van der Waals surface area contributed by atoms with Crippen molar-refractivity contribution in [2.45, 2.75) is 31.3 Å². The standard InChI is InChI=1S/C25H27N3O/c1-28(19-21-7-3-2-4-8-21)25(17-22-9-5-6-10-23(22)18-25)24(29)27-16-13-20-11-14-26-15-12-20/h2-12,14-15H,13,16-19H2,1H3,(H,27,29). The van der Waals surface area contributed by atoms with Gasteiger partial charge in [-0.25, -0.2) is 0 Å². The second-order valence-corrected chi connectivity index (χ2v) is 7.86. The summed E-state index contributed by atoms with van der Waals surface area (Å²) in [6.45, 7) is 1.37. The quantitative estimate of drug-likeness (QED) is 0.678. The minimum atomic E-state index is -0.558. The number of benzene rings is 2. The predicted molar refractivity (Wildman–Crippen MR) is 115 cm³/mol. The maximum atomic E-state index is 13.5. The molecule has 4 heteroatoms. The van der Waals surface area contributed by atoms with Gasteiger partial charge in [0.05, 0.1) is 0 Å². The Morgan fingerprint density at radius 3 is 2.21 bits per heavy atom. The van der Waals surface area contributed by atoms with E-state index in [0.717, 1.165) is 25.8 Å². The second-order valence-electron chi connectivity index (χ2n) is 7.86. The number of likely N-dealkylation sites (N-methyl/N-ethyl adjacent to an activating group) is 1. The van der Waals surface area contributed by atoms with Crippen molar-refractivity contribution in [2.75, 3.05) is 13.6 Å². The lowest BCUT2D eigenvalue weighted by Crippen LogP contribution is -2.58. The van der Waals surface area contributed by atoms with Gasteiger partial charge in [-0.2, -0.15) is 0 Å². The van der Waals surface area contributed by atoms with Gasteiger partial charge in [0, 0.05) is 38.3 Å². The number of pyridine rings is 1. The monoisotopic (exact) mass is 385 g/mol. The molecule has 0 spiro atoms. The summed E-state index contributed by atoms with van der Waals surface area (Å²) in [6, 6.07) is 22.8. The summed E-state index contributed by atoms with van der Waals surface area (Å²) in [7, 11) is 2.07. The largest absolute Gasteiger partial charge is 0.354 e. The normalized spacial score (nSPS) is 14.6. The van der Waals surface area contributed by atoms with Gasteiger partial charge in [0.15, 0.2) is 0 Å². The first-order valence-electron chi connectivity index (χ1n) is 10.2. The summed E-state index contributed by atoms with van der Waals surface area (Å²) in [5, 5.41) is 3.21. The number of carbonyl (C=O) groups is 1. The molecule has 0 bridgehead atoms. The Labute approximate surface area is 172 Å². The number of hydrogen-bond donors (Lipinski definition) is 1. The van der Waals surface area contributed by atoms with Crippen LogP contribution in [0.2, 0.25) is 0 Å². The number of hydrogen-bond acceptors (Lipinski definition) is 3. The molecule has 0 fully saturated rings. The van der Waals surface area contributed by atoms with Crippen LogP contribution in [0, 0.1) is 0 Å². The van der Waals surface area contributed by atoms with E-state index in [1.807, 2.05) is 30.3 Å². The molecule has 3 aromatic rings. The number of amides is 1. The Hall–Kier alpha value is -2.98. The molecule has 0 atom stereocenters. The molecule has 0 saturated carbocycles. The third-order valence-corrected chi connectivity index (χ3v) is 5.95. The second kappa shape index (κ2) is 8.58. The lowest BCUT2D eigenvalue weighted by molar-refractivity contribution is -0.132. The molecule has 1 amide bonds. The molecule has 4 rings (SSSR count). The third kappa shape index (κ3) is 4.22. The van der Waals surface area contributed by atoms with Crippen molar-refractivity contribution in [1.29, 1.82) is 0 Å². The van der Waals surface area contributed by atoms with E-state index >= 15 is 0 Å². The van der Waals surface area contributed by atoms with E-state index in [9.17, 15) is 4.79 Å². The maximum absolute atomic E-state index is 13.5. The van der Waals surface area contributed by atoms with Crippen molar-refractivity contribution in [1.82, 2.24) is 15.2 Å². The van der Waals surface area contributed by atoms with Gasteiger partial charge in [-0.3, -0.25) is 14.7 Å². The fourth-order valence-corrected chi connectivity index (χ4v) is 4.24. The van der Waals surface area contributed by atoms with Crippen molar-refractivity contribution in [3.63, 3.8) is 0 Å². The number of nitrogens with one attached hydrogen (secondary N) is 1. The summed E-state index contributed by atoms with van der Waals surface area (Å²) < 4.78 is 0. The summed E-state index contributed by atoms with van der Waals surface area (Å²) in [5.41, 5.74) is 4.39. The van der Waals surface area contributed by atoms with Crippen LogP contribution in [-0.2, 0) is 30.6 Å².